The van der Waals surface area contributed by atoms with E-state index >= 15 is 0 Å². The van der Waals surface area contributed by atoms with Crippen molar-refractivity contribution < 1.29 is 28.8 Å². The molecule has 1 unspecified atom stereocenters. The third kappa shape index (κ3) is 9.04. The number of carbonyl (C=O) groups excluding carboxylic acids is 2. The standard InChI is InChI=1S/C38H52N6O7/c1-26-9-10-30-32(25-26)51-40-36(30)28-13-17-41(18-14-28)19-15-29-27(2)39-37-31(7-6-16-44(37)38(29)49)50-24-5-3-4-8-33(45)42-20-22-43(23-21-42)34(46)11-12-35(47)48/h9-10,25,28,31H,3-8,11-24H2,1-2H3,(H,47,48). The Morgan fingerprint density at radius 2 is 1.63 bits per heavy atom. The lowest BCUT2D eigenvalue weighted by Crippen LogP contribution is -2.50. The van der Waals surface area contributed by atoms with Crippen molar-refractivity contribution in [2.45, 2.75) is 103 Å². The minimum Gasteiger partial charge on any atom is -0.481 e. The van der Waals surface area contributed by atoms with E-state index in [4.69, 9.17) is 19.4 Å². The molecule has 3 aliphatic heterocycles. The minimum atomic E-state index is -0.981. The Bertz CT molecular complexity index is 1750. The molecule has 13 heteroatoms. The van der Waals surface area contributed by atoms with Crippen molar-refractivity contribution in [1.82, 2.24) is 29.4 Å². The summed E-state index contributed by atoms with van der Waals surface area (Å²) < 4.78 is 13.7. The molecule has 0 saturated carbocycles. The monoisotopic (exact) mass is 704 g/mol. The first kappa shape index (κ1) is 36.7. The van der Waals surface area contributed by atoms with E-state index in [1.54, 1.807) is 9.80 Å². The van der Waals surface area contributed by atoms with Crippen LogP contribution < -0.4 is 5.56 Å². The van der Waals surface area contributed by atoms with Gasteiger partial charge in [-0.05, 0) is 89.6 Å². The number of carbonyl (C=O) groups is 3. The van der Waals surface area contributed by atoms with Crippen molar-refractivity contribution in [2.24, 2.45) is 0 Å². The molecule has 3 aromatic rings. The van der Waals surface area contributed by atoms with Gasteiger partial charge in [0.2, 0.25) is 11.8 Å². The van der Waals surface area contributed by atoms with Gasteiger partial charge in [0, 0.05) is 81.3 Å². The van der Waals surface area contributed by atoms with E-state index in [2.05, 4.69) is 29.1 Å². The van der Waals surface area contributed by atoms with Crippen LogP contribution in [0.2, 0.25) is 0 Å². The van der Waals surface area contributed by atoms with Crippen molar-refractivity contribution in [2.75, 3.05) is 52.4 Å². The fourth-order valence-electron chi connectivity index (χ4n) is 7.77. The maximum Gasteiger partial charge on any atom is 0.303 e. The number of ether oxygens (including phenoxy) is 1. The van der Waals surface area contributed by atoms with Crippen LogP contribution in [0, 0.1) is 13.8 Å². The van der Waals surface area contributed by atoms with E-state index < -0.39 is 5.97 Å². The smallest absolute Gasteiger partial charge is 0.303 e. The minimum absolute atomic E-state index is 0.00407. The number of aryl methyl sites for hydroxylation is 2. The molecule has 0 bridgehead atoms. The number of piperidine rings is 1. The van der Waals surface area contributed by atoms with Crippen molar-refractivity contribution in [3.63, 3.8) is 0 Å². The van der Waals surface area contributed by atoms with Gasteiger partial charge in [0.1, 0.15) is 11.9 Å². The van der Waals surface area contributed by atoms with Crippen LogP contribution in [-0.4, -0.2) is 105 Å². The summed E-state index contributed by atoms with van der Waals surface area (Å²) in [6, 6.07) is 6.28. The van der Waals surface area contributed by atoms with Crippen LogP contribution in [0.5, 0.6) is 0 Å². The van der Waals surface area contributed by atoms with E-state index in [9.17, 15) is 19.2 Å². The number of piperazine rings is 1. The number of rotatable bonds is 14. The number of carboxylic acid groups (broad SMARTS) is 1. The summed E-state index contributed by atoms with van der Waals surface area (Å²) in [5, 5.41) is 14.3. The number of benzene rings is 1. The van der Waals surface area contributed by atoms with Gasteiger partial charge < -0.3 is 29.1 Å². The SMILES string of the molecule is Cc1ccc2c(C3CCN(CCc4c(C)nc5n(c4=O)CCCC5OCCCCCC(=O)N4CCN(C(=O)CCC(=O)O)CC4)CC3)noc2c1. The molecule has 2 amide bonds. The molecular weight excluding hydrogens is 652 g/mol. The molecule has 1 atom stereocenters. The summed E-state index contributed by atoms with van der Waals surface area (Å²) in [5.41, 5.74) is 4.76. The number of likely N-dealkylation sites (tertiary alicyclic amines) is 1. The number of unbranched alkanes of at least 4 members (excludes halogenated alkanes) is 2. The maximum absolute atomic E-state index is 13.7. The molecular formula is C38H52N6O7. The molecule has 3 aliphatic rings. The van der Waals surface area contributed by atoms with Gasteiger partial charge in [-0.2, -0.15) is 0 Å². The Morgan fingerprint density at radius 1 is 0.902 bits per heavy atom. The zero-order chi connectivity index (χ0) is 35.9. The predicted octanol–water partition coefficient (Wildman–Crippen LogP) is 4.37. The van der Waals surface area contributed by atoms with Crippen molar-refractivity contribution in [1.29, 1.82) is 0 Å². The summed E-state index contributed by atoms with van der Waals surface area (Å²) in [5.74, 6) is 0.0544. The highest BCUT2D eigenvalue weighted by molar-refractivity contribution is 5.82. The van der Waals surface area contributed by atoms with Crippen LogP contribution in [0.1, 0.15) is 105 Å². The summed E-state index contributed by atoms with van der Waals surface area (Å²) in [7, 11) is 0. The largest absolute Gasteiger partial charge is 0.481 e. The summed E-state index contributed by atoms with van der Waals surface area (Å²) >= 11 is 0. The number of aromatic nitrogens is 3. The summed E-state index contributed by atoms with van der Waals surface area (Å²) in [4.78, 5) is 60.1. The number of nitrogens with zero attached hydrogens (tertiary/aromatic N) is 6. The van der Waals surface area contributed by atoms with Crippen LogP contribution >= 0.6 is 0 Å². The number of carboxylic acids is 1. The highest BCUT2D eigenvalue weighted by atomic mass is 16.5. The zero-order valence-corrected chi connectivity index (χ0v) is 30.1. The second kappa shape index (κ2) is 16.9. The number of aliphatic carboxylic acids is 1. The van der Waals surface area contributed by atoms with Crippen LogP contribution in [0.25, 0.3) is 11.0 Å². The Balaban J connectivity index is 0.909. The Kier molecular flexibility index (Phi) is 12.2. The number of fused-ring (bicyclic) bond motifs is 2. The predicted molar refractivity (Wildman–Crippen MR) is 191 cm³/mol. The van der Waals surface area contributed by atoms with Gasteiger partial charge in [0.15, 0.2) is 5.58 Å². The lowest BCUT2D eigenvalue weighted by Gasteiger charge is -2.35. The number of hydrogen-bond acceptors (Lipinski definition) is 9. The van der Waals surface area contributed by atoms with Gasteiger partial charge in [-0.15, -0.1) is 0 Å². The van der Waals surface area contributed by atoms with Gasteiger partial charge in [-0.3, -0.25) is 23.7 Å². The average Bonchev–Trinajstić information content (AvgIpc) is 3.55. The van der Waals surface area contributed by atoms with Crippen molar-refractivity contribution >= 4 is 28.8 Å². The zero-order valence-electron chi connectivity index (χ0n) is 30.1. The molecule has 2 fully saturated rings. The van der Waals surface area contributed by atoms with Gasteiger partial charge in [-0.25, -0.2) is 4.98 Å². The number of amides is 2. The Hall–Kier alpha value is -4.10. The lowest BCUT2D eigenvalue weighted by atomic mass is 9.91. The molecule has 0 spiro atoms. The van der Waals surface area contributed by atoms with E-state index in [0.717, 1.165) is 98.3 Å². The van der Waals surface area contributed by atoms with Gasteiger partial charge in [0.25, 0.3) is 5.56 Å². The van der Waals surface area contributed by atoms with E-state index in [1.807, 2.05) is 17.6 Å². The maximum atomic E-state index is 13.7. The van der Waals surface area contributed by atoms with Crippen LogP contribution in [0.15, 0.2) is 27.5 Å². The molecule has 0 aliphatic carbocycles. The number of hydrogen-bond donors (Lipinski definition) is 1. The fourth-order valence-corrected chi connectivity index (χ4v) is 7.77. The molecule has 6 rings (SSSR count). The van der Waals surface area contributed by atoms with Crippen molar-refractivity contribution in [3.05, 3.63) is 56.9 Å². The molecule has 2 saturated heterocycles. The van der Waals surface area contributed by atoms with Crippen LogP contribution in [-0.2, 0) is 32.1 Å². The molecule has 1 N–H and O–H groups in total. The summed E-state index contributed by atoms with van der Waals surface area (Å²) in [6.45, 7) is 9.83. The molecule has 13 nitrogen and oxygen atoms in total. The molecule has 276 valence electrons. The van der Waals surface area contributed by atoms with E-state index in [-0.39, 0.29) is 36.3 Å². The first-order valence-corrected chi connectivity index (χ1v) is 18.8. The fraction of sp³-hybridized carbons (Fsp3) is 0.632. The Labute approximate surface area is 298 Å². The first-order chi connectivity index (χ1) is 24.7. The van der Waals surface area contributed by atoms with Crippen LogP contribution in [0.3, 0.4) is 0 Å². The molecule has 2 aromatic heterocycles. The second-order valence-electron chi connectivity index (χ2n) is 14.4. The third-order valence-electron chi connectivity index (χ3n) is 10.8. The second-order valence-corrected chi connectivity index (χ2v) is 14.4. The molecule has 1 aromatic carbocycles. The first-order valence-electron chi connectivity index (χ1n) is 18.8. The molecule has 5 heterocycles. The molecule has 0 radical (unpaired) electrons. The van der Waals surface area contributed by atoms with Crippen LogP contribution in [0.4, 0.5) is 0 Å². The highest BCUT2D eigenvalue weighted by Crippen LogP contribution is 2.33. The lowest BCUT2D eigenvalue weighted by molar-refractivity contribution is -0.142. The summed E-state index contributed by atoms with van der Waals surface area (Å²) in [6.07, 6.45) is 6.94. The topological polar surface area (TPSA) is 151 Å². The van der Waals surface area contributed by atoms with E-state index in [0.29, 0.717) is 58.1 Å². The quantitative estimate of drug-likeness (QED) is 0.240. The third-order valence-corrected chi connectivity index (χ3v) is 10.8. The van der Waals surface area contributed by atoms with Gasteiger partial charge >= 0.3 is 5.97 Å². The normalized spacial score (nSPS) is 18.7. The van der Waals surface area contributed by atoms with Crippen molar-refractivity contribution in [3.8, 4) is 0 Å². The highest BCUT2D eigenvalue weighted by Gasteiger charge is 2.28. The van der Waals surface area contributed by atoms with Gasteiger partial charge in [0.05, 0.1) is 12.1 Å². The van der Waals surface area contributed by atoms with Gasteiger partial charge in [-0.1, -0.05) is 17.6 Å². The average molecular weight is 705 g/mol. The molecule has 51 heavy (non-hydrogen) atoms. The Morgan fingerprint density at radius 3 is 2.35 bits per heavy atom. The van der Waals surface area contributed by atoms with E-state index in [1.165, 1.54) is 5.56 Å².